The number of halogens is 1. The van der Waals surface area contributed by atoms with E-state index >= 15 is 0 Å². The largest absolute Gasteiger partial charge is 0.493 e. The van der Waals surface area contributed by atoms with E-state index in [4.69, 9.17) is 4.74 Å². The van der Waals surface area contributed by atoms with E-state index in [1.807, 2.05) is 43.3 Å². The molecule has 10 nitrogen and oxygen atoms in total. The number of β-amino-alcohol motifs (C(OH)–C–C–N with tert-alkyl or cyclic N) is 1. The van der Waals surface area contributed by atoms with Crippen molar-refractivity contribution in [3.8, 4) is 16.2 Å². The van der Waals surface area contributed by atoms with Crippen LogP contribution in [0.3, 0.4) is 0 Å². The highest BCUT2D eigenvalue weighted by Gasteiger charge is 2.53. The number of hydrogen-bond acceptors (Lipinski definition) is 8. The molecule has 2 aliphatic rings. The Bertz CT molecular complexity index is 1650. The number of aromatic nitrogens is 1. The van der Waals surface area contributed by atoms with Gasteiger partial charge in [0.1, 0.15) is 24.1 Å². The van der Waals surface area contributed by atoms with Crippen LogP contribution in [0, 0.1) is 12.3 Å². The van der Waals surface area contributed by atoms with E-state index in [9.17, 15) is 28.7 Å². The quantitative estimate of drug-likeness (QED) is 0.247. The lowest BCUT2D eigenvalue weighted by Crippen LogP contribution is -2.59. The van der Waals surface area contributed by atoms with Crippen molar-refractivity contribution < 1.29 is 33.4 Å². The molecule has 3 amide bonds. The molecule has 1 aliphatic carbocycles. The predicted octanol–water partition coefficient (Wildman–Crippen LogP) is 4.16. The maximum atomic E-state index is 14.5. The van der Waals surface area contributed by atoms with Crippen LogP contribution in [0.1, 0.15) is 67.2 Å². The molecule has 12 heteroatoms. The number of likely N-dealkylation sites (tertiary alicyclic amines) is 1. The van der Waals surface area contributed by atoms with Crippen molar-refractivity contribution >= 4 is 35.3 Å². The molecule has 1 saturated heterocycles. The average Bonchev–Trinajstić information content (AvgIpc) is 3.44. The molecule has 2 heterocycles. The van der Waals surface area contributed by atoms with Gasteiger partial charge in [0.2, 0.25) is 11.8 Å². The summed E-state index contributed by atoms with van der Waals surface area (Å²) in [7, 11) is 0. The Morgan fingerprint density at radius 3 is 2.64 bits per heavy atom. The average molecular weight is 665 g/mol. The zero-order chi connectivity index (χ0) is 33.9. The molecule has 3 N–H and O–H groups in total. The summed E-state index contributed by atoms with van der Waals surface area (Å²) in [5.41, 5.74) is 3.10. The van der Waals surface area contributed by atoms with Crippen LogP contribution in [-0.4, -0.2) is 76.0 Å². The van der Waals surface area contributed by atoms with Crippen molar-refractivity contribution in [3.63, 3.8) is 0 Å². The summed E-state index contributed by atoms with van der Waals surface area (Å²) in [5.74, 6) is -1.26. The van der Waals surface area contributed by atoms with Gasteiger partial charge in [-0.1, -0.05) is 51.1 Å². The summed E-state index contributed by atoms with van der Waals surface area (Å²) in [6.07, 6.45) is 0.686. The van der Waals surface area contributed by atoms with E-state index in [2.05, 4.69) is 15.6 Å². The number of aryl methyl sites for hydroxylation is 1. The number of aldehydes is 1. The molecule has 1 aromatic heterocycles. The number of thiazole rings is 1. The van der Waals surface area contributed by atoms with Gasteiger partial charge in [-0.25, -0.2) is 9.37 Å². The van der Waals surface area contributed by atoms with Crippen LogP contribution in [0.25, 0.3) is 10.4 Å². The lowest BCUT2D eigenvalue weighted by molar-refractivity contribution is -0.145. The first-order chi connectivity index (χ1) is 22.3. The van der Waals surface area contributed by atoms with Gasteiger partial charge in [-0.15, -0.1) is 11.3 Å². The predicted molar refractivity (Wildman–Crippen MR) is 176 cm³/mol. The Labute approximate surface area is 277 Å². The molecular weight excluding hydrogens is 623 g/mol. The molecule has 250 valence electrons. The first kappa shape index (κ1) is 34.2. The lowest BCUT2D eigenvalue weighted by atomic mass is 9.85. The van der Waals surface area contributed by atoms with Crippen molar-refractivity contribution in [1.82, 2.24) is 20.5 Å². The molecule has 0 bridgehead atoms. The maximum absolute atomic E-state index is 14.5. The van der Waals surface area contributed by atoms with Gasteiger partial charge >= 0.3 is 0 Å². The van der Waals surface area contributed by atoms with Crippen molar-refractivity contribution in [2.75, 3.05) is 13.2 Å². The van der Waals surface area contributed by atoms with E-state index in [-0.39, 0.29) is 32.4 Å². The third kappa shape index (κ3) is 8.05. The second-order valence-electron chi connectivity index (χ2n) is 13.4. The summed E-state index contributed by atoms with van der Waals surface area (Å²) in [4.78, 5) is 57.7. The Kier molecular flexibility index (Phi) is 10.1. The fraction of sp³-hybridized carbons (Fsp3) is 0.457. The van der Waals surface area contributed by atoms with Gasteiger partial charge < -0.3 is 25.4 Å². The maximum Gasteiger partial charge on any atom is 0.258 e. The number of aliphatic hydroxyl groups is 1. The van der Waals surface area contributed by atoms with Crippen LogP contribution in [0.5, 0.6) is 5.75 Å². The molecule has 47 heavy (non-hydrogen) atoms. The SMILES string of the molecule is Cc1ncsc1-c1ccc(CNC(=O)[C@@H]2C[C@@H](O)CN2C(=O)[C@@H](NC(=O)C2(F)CC2)C(C)(C)C)c(OCCc2cccc(C=O)c2)c1. The molecule has 2 fully saturated rings. The minimum Gasteiger partial charge on any atom is -0.493 e. The van der Waals surface area contributed by atoms with Crippen molar-refractivity contribution in [3.05, 3.63) is 70.4 Å². The molecule has 0 unspecified atom stereocenters. The first-order valence-electron chi connectivity index (χ1n) is 15.8. The van der Waals surface area contributed by atoms with Crippen LogP contribution < -0.4 is 15.4 Å². The Hall–Kier alpha value is -4.16. The molecule has 5 rings (SSSR count). The zero-order valence-electron chi connectivity index (χ0n) is 27.0. The van der Waals surface area contributed by atoms with Gasteiger partial charge in [0.15, 0.2) is 5.67 Å². The molecular formula is C35H41FN4O6S. The highest BCUT2D eigenvalue weighted by molar-refractivity contribution is 7.13. The molecule has 0 radical (unpaired) electrons. The summed E-state index contributed by atoms with van der Waals surface area (Å²) >= 11 is 1.51. The van der Waals surface area contributed by atoms with Crippen molar-refractivity contribution in [2.24, 2.45) is 5.41 Å². The lowest BCUT2D eigenvalue weighted by Gasteiger charge is -2.35. The molecule has 3 aromatic rings. The Morgan fingerprint density at radius 2 is 1.98 bits per heavy atom. The topological polar surface area (TPSA) is 138 Å². The highest BCUT2D eigenvalue weighted by Crippen LogP contribution is 2.40. The zero-order valence-corrected chi connectivity index (χ0v) is 27.9. The molecule has 0 spiro atoms. The fourth-order valence-electron chi connectivity index (χ4n) is 5.67. The number of rotatable bonds is 12. The number of benzene rings is 2. The van der Waals surface area contributed by atoms with Crippen LogP contribution in [0.15, 0.2) is 48.0 Å². The summed E-state index contributed by atoms with van der Waals surface area (Å²) in [5, 5.41) is 16.0. The Balaban J connectivity index is 1.30. The number of carbonyl (C=O) groups excluding carboxylic acids is 4. The van der Waals surface area contributed by atoms with Gasteiger partial charge in [-0.2, -0.15) is 0 Å². The minimum atomic E-state index is -1.96. The van der Waals surface area contributed by atoms with Crippen LogP contribution in [0.2, 0.25) is 0 Å². The van der Waals surface area contributed by atoms with E-state index < -0.39 is 47.0 Å². The number of amides is 3. The van der Waals surface area contributed by atoms with E-state index in [1.54, 1.807) is 32.3 Å². The third-order valence-electron chi connectivity index (χ3n) is 8.61. The third-order valence-corrected chi connectivity index (χ3v) is 9.59. The number of ether oxygens (including phenoxy) is 1. The molecule has 1 aliphatic heterocycles. The minimum absolute atomic E-state index is 0.0300. The number of alkyl halides is 1. The van der Waals surface area contributed by atoms with Crippen molar-refractivity contribution in [1.29, 1.82) is 0 Å². The van der Waals surface area contributed by atoms with E-state index in [0.29, 0.717) is 29.9 Å². The van der Waals surface area contributed by atoms with Gasteiger partial charge in [0.05, 0.1) is 28.8 Å². The highest BCUT2D eigenvalue weighted by atomic mass is 32.1. The normalized spacial score (nSPS) is 19.1. The molecule has 2 aromatic carbocycles. The second-order valence-corrected chi connectivity index (χ2v) is 14.3. The van der Waals surface area contributed by atoms with E-state index in [1.165, 1.54) is 16.2 Å². The van der Waals surface area contributed by atoms with Crippen molar-refractivity contribution in [2.45, 2.75) is 83.8 Å². The number of carbonyl (C=O) groups is 4. The van der Waals surface area contributed by atoms with Gasteiger partial charge in [0, 0.05) is 37.1 Å². The monoisotopic (exact) mass is 664 g/mol. The van der Waals surface area contributed by atoms with Crippen LogP contribution in [0.4, 0.5) is 4.39 Å². The van der Waals surface area contributed by atoms with E-state index in [0.717, 1.165) is 28.0 Å². The van der Waals surface area contributed by atoms with Gasteiger partial charge in [-0.05, 0) is 48.4 Å². The van der Waals surface area contributed by atoms with Gasteiger partial charge in [-0.3, -0.25) is 19.2 Å². The smallest absolute Gasteiger partial charge is 0.258 e. The number of nitrogens with one attached hydrogen (secondary N) is 2. The first-order valence-corrected chi connectivity index (χ1v) is 16.6. The number of nitrogens with zero attached hydrogens (tertiary/aromatic N) is 2. The van der Waals surface area contributed by atoms with Gasteiger partial charge in [0.25, 0.3) is 5.91 Å². The fourth-order valence-corrected chi connectivity index (χ4v) is 6.48. The standard InChI is InChI=1S/C35H41FN4O6S/c1-21-29(47-20-38-21)24-8-9-25(28(15-24)46-13-10-22-6-5-7-23(14-22)19-41)17-37-31(43)27-16-26(42)18-40(27)32(44)30(34(2,3)4)39-33(45)35(36)11-12-35/h5-9,14-15,19-20,26-27,30,42H,10-13,16-18H2,1-4H3,(H,37,43)(H,39,45)/t26-,27+,30-/m1/s1. The summed E-state index contributed by atoms with van der Waals surface area (Å²) < 4.78 is 20.7. The number of hydrogen-bond donors (Lipinski definition) is 3. The second kappa shape index (κ2) is 13.9. The summed E-state index contributed by atoms with van der Waals surface area (Å²) in [6, 6.07) is 11.0. The molecule has 3 atom stereocenters. The number of aliphatic hydroxyl groups excluding tert-OH is 1. The Morgan fingerprint density at radius 1 is 1.21 bits per heavy atom. The van der Waals surface area contributed by atoms with Crippen LogP contribution >= 0.6 is 11.3 Å². The van der Waals surface area contributed by atoms with Crippen LogP contribution in [-0.2, 0) is 27.3 Å². The molecule has 1 saturated carbocycles. The summed E-state index contributed by atoms with van der Waals surface area (Å²) in [6.45, 7) is 7.54.